The maximum absolute atomic E-state index is 12.1. The molecule has 0 aliphatic rings. The van der Waals surface area contributed by atoms with Crippen molar-refractivity contribution in [2.24, 2.45) is 0 Å². The second-order valence-electron chi connectivity index (χ2n) is 4.76. The molecule has 2 N–H and O–H groups in total. The molecule has 21 heavy (non-hydrogen) atoms. The van der Waals surface area contributed by atoms with Crippen LogP contribution in [0.1, 0.15) is 30.6 Å². The van der Waals surface area contributed by atoms with E-state index in [4.69, 9.17) is 4.74 Å². The summed E-state index contributed by atoms with van der Waals surface area (Å²) in [7, 11) is 0. The van der Waals surface area contributed by atoms with Gasteiger partial charge < -0.3 is 15.0 Å². The second-order valence-corrected chi connectivity index (χ2v) is 4.76. The van der Waals surface area contributed by atoms with Crippen LogP contribution in [0.15, 0.2) is 47.4 Å². The number of H-pyrrole nitrogens is 1. The van der Waals surface area contributed by atoms with Crippen molar-refractivity contribution in [1.82, 2.24) is 4.98 Å². The summed E-state index contributed by atoms with van der Waals surface area (Å²) in [5, 5.41) is 2.75. The first kappa shape index (κ1) is 14.8. The molecule has 0 bridgehead atoms. The Kier molecular flexibility index (Phi) is 4.77. The zero-order valence-corrected chi connectivity index (χ0v) is 12.1. The molecule has 2 rings (SSSR count). The highest BCUT2D eigenvalue weighted by atomic mass is 16.5. The number of hydrogen-bond acceptors (Lipinski definition) is 3. The van der Waals surface area contributed by atoms with Crippen molar-refractivity contribution >= 4 is 11.6 Å². The number of nitrogens with one attached hydrogen (secondary N) is 2. The predicted octanol–water partition coefficient (Wildman–Crippen LogP) is 2.80. The number of aromatic nitrogens is 1. The molecule has 0 saturated carbocycles. The van der Waals surface area contributed by atoms with Gasteiger partial charge in [0.25, 0.3) is 5.91 Å². The number of ether oxygens (including phenoxy) is 1. The molecular formula is C16H18N2O3. The van der Waals surface area contributed by atoms with Gasteiger partial charge in [-0.25, -0.2) is 0 Å². The molecule has 0 radical (unpaired) electrons. The normalized spacial score (nSPS) is 11.7. The lowest BCUT2D eigenvalue weighted by Gasteiger charge is -2.13. The molecule has 1 atom stereocenters. The van der Waals surface area contributed by atoms with E-state index in [1.165, 1.54) is 12.3 Å². The number of anilines is 1. The van der Waals surface area contributed by atoms with Gasteiger partial charge >= 0.3 is 0 Å². The maximum atomic E-state index is 12.1. The fourth-order valence-electron chi connectivity index (χ4n) is 1.75. The molecule has 1 unspecified atom stereocenters. The standard InChI is InChI=1S/C16H18N2O3/c1-3-11(2)21-14-6-4-5-13(10-14)18-16(20)12-7-8-17-15(19)9-12/h4-11H,3H2,1-2H3,(H,17,19)(H,18,20). The van der Waals surface area contributed by atoms with Crippen LogP contribution >= 0.6 is 0 Å². The van der Waals surface area contributed by atoms with Gasteiger partial charge in [-0.2, -0.15) is 0 Å². The van der Waals surface area contributed by atoms with Crippen LogP contribution in [0.3, 0.4) is 0 Å². The van der Waals surface area contributed by atoms with Gasteiger partial charge in [0.15, 0.2) is 0 Å². The summed E-state index contributed by atoms with van der Waals surface area (Å²) < 4.78 is 5.70. The lowest BCUT2D eigenvalue weighted by molar-refractivity contribution is 0.102. The number of carbonyl (C=O) groups is 1. The van der Waals surface area contributed by atoms with Crippen LogP contribution in [0.5, 0.6) is 5.75 Å². The molecular weight excluding hydrogens is 268 g/mol. The Bertz CT molecular complexity index is 679. The fraction of sp³-hybridized carbons (Fsp3) is 0.250. The van der Waals surface area contributed by atoms with Crippen molar-refractivity contribution in [3.8, 4) is 5.75 Å². The average Bonchev–Trinajstić information content (AvgIpc) is 2.47. The van der Waals surface area contributed by atoms with E-state index in [9.17, 15) is 9.59 Å². The summed E-state index contributed by atoms with van der Waals surface area (Å²) in [6.45, 7) is 4.03. The quantitative estimate of drug-likeness (QED) is 0.887. The molecule has 110 valence electrons. The van der Waals surface area contributed by atoms with Crippen molar-refractivity contribution < 1.29 is 9.53 Å². The topological polar surface area (TPSA) is 71.2 Å². The lowest BCUT2D eigenvalue weighted by Crippen LogP contribution is -2.15. The molecule has 1 amide bonds. The number of hydrogen-bond donors (Lipinski definition) is 2. The first-order chi connectivity index (χ1) is 10.1. The molecule has 0 aliphatic heterocycles. The van der Waals surface area contributed by atoms with Crippen molar-refractivity contribution in [3.05, 3.63) is 58.5 Å². The molecule has 0 aliphatic carbocycles. The maximum Gasteiger partial charge on any atom is 0.255 e. The highest BCUT2D eigenvalue weighted by molar-refractivity contribution is 6.04. The lowest BCUT2D eigenvalue weighted by atomic mass is 10.2. The summed E-state index contributed by atoms with van der Waals surface area (Å²) in [5.41, 5.74) is 0.629. The Hall–Kier alpha value is -2.56. The third-order valence-corrected chi connectivity index (χ3v) is 3.04. The van der Waals surface area contributed by atoms with Crippen LogP contribution < -0.4 is 15.6 Å². The molecule has 2 aromatic rings. The van der Waals surface area contributed by atoms with Crippen LogP contribution in [0.25, 0.3) is 0 Å². The first-order valence-electron chi connectivity index (χ1n) is 6.85. The smallest absolute Gasteiger partial charge is 0.255 e. The minimum atomic E-state index is -0.332. The fourth-order valence-corrected chi connectivity index (χ4v) is 1.75. The Balaban J connectivity index is 2.11. The third-order valence-electron chi connectivity index (χ3n) is 3.04. The minimum absolute atomic E-state index is 0.114. The van der Waals surface area contributed by atoms with Crippen molar-refractivity contribution in [2.75, 3.05) is 5.32 Å². The average molecular weight is 286 g/mol. The molecule has 0 fully saturated rings. The van der Waals surface area contributed by atoms with Gasteiger partial charge in [0.1, 0.15) is 5.75 Å². The van der Waals surface area contributed by atoms with Gasteiger partial charge in [-0.3, -0.25) is 9.59 Å². The van der Waals surface area contributed by atoms with E-state index in [1.54, 1.807) is 18.2 Å². The highest BCUT2D eigenvalue weighted by Crippen LogP contribution is 2.19. The molecule has 5 nitrogen and oxygen atoms in total. The zero-order chi connectivity index (χ0) is 15.2. The van der Waals surface area contributed by atoms with E-state index in [2.05, 4.69) is 10.3 Å². The summed E-state index contributed by atoms with van der Waals surface area (Å²) >= 11 is 0. The van der Waals surface area contributed by atoms with Crippen LogP contribution in [-0.2, 0) is 0 Å². The number of carbonyl (C=O) groups excluding carboxylic acids is 1. The van der Waals surface area contributed by atoms with Crippen LogP contribution in [0.2, 0.25) is 0 Å². The largest absolute Gasteiger partial charge is 0.491 e. The van der Waals surface area contributed by atoms with E-state index in [1.807, 2.05) is 26.0 Å². The van der Waals surface area contributed by atoms with E-state index in [0.717, 1.165) is 6.42 Å². The number of benzene rings is 1. The summed E-state index contributed by atoms with van der Waals surface area (Å²) in [6, 6.07) is 10.00. The Labute approximate surface area is 123 Å². The van der Waals surface area contributed by atoms with Gasteiger partial charge in [0.05, 0.1) is 6.10 Å². The second kappa shape index (κ2) is 6.74. The van der Waals surface area contributed by atoms with Gasteiger partial charge in [0.2, 0.25) is 5.56 Å². The summed E-state index contributed by atoms with van der Waals surface area (Å²) in [4.78, 5) is 25.7. The first-order valence-corrected chi connectivity index (χ1v) is 6.85. The monoisotopic (exact) mass is 286 g/mol. The molecule has 1 aromatic heterocycles. The molecule has 0 spiro atoms. The van der Waals surface area contributed by atoms with Crippen LogP contribution in [-0.4, -0.2) is 17.0 Å². The van der Waals surface area contributed by atoms with E-state index in [-0.39, 0.29) is 17.6 Å². The number of aromatic amines is 1. The highest BCUT2D eigenvalue weighted by Gasteiger charge is 2.08. The van der Waals surface area contributed by atoms with Gasteiger partial charge in [-0.1, -0.05) is 13.0 Å². The number of rotatable bonds is 5. The van der Waals surface area contributed by atoms with Crippen molar-refractivity contribution in [1.29, 1.82) is 0 Å². The van der Waals surface area contributed by atoms with Gasteiger partial charge in [-0.05, 0) is 31.5 Å². The predicted molar refractivity (Wildman–Crippen MR) is 81.8 cm³/mol. The molecule has 1 heterocycles. The van der Waals surface area contributed by atoms with E-state index < -0.39 is 0 Å². The van der Waals surface area contributed by atoms with Crippen LogP contribution in [0, 0.1) is 0 Å². The summed E-state index contributed by atoms with van der Waals surface area (Å²) in [5.74, 6) is 0.370. The van der Waals surface area contributed by atoms with Gasteiger partial charge in [-0.15, -0.1) is 0 Å². The van der Waals surface area contributed by atoms with Crippen molar-refractivity contribution in [2.45, 2.75) is 26.4 Å². The van der Waals surface area contributed by atoms with E-state index in [0.29, 0.717) is 17.0 Å². The van der Waals surface area contributed by atoms with Crippen LogP contribution in [0.4, 0.5) is 5.69 Å². The zero-order valence-electron chi connectivity index (χ0n) is 12.1. The molecule has 1 aromatic carbocycles. The SMILES string of the molecule is CCC(C)Oc1cccc(NC(=O)c2cc[nH]c(=O)c2)c1. The Morgan fingerprint density at radius 3 is 2.86 bits per heavy atom. The summed E-state index contributed by atoms with van der Waals surface area (Å²) in [6.07, 6.45) is 2.46. The Morgan fingerprint density at radius 1 is 1.33 bits per heavy atom. The van der Waals surface area contributed by atoms with Crippen molar-refractivity contribution in [3.63, 3.8) is 0 Å². The van der Waals surface area contributed by atoms with E-state index >= 15 is 0 Å². The Morgan fingerprint density at radius 2 is 2.14 bits per heavy atom. The number of amides is 1. The minimum Gasteiger partial charge on any atom is -0.491 e. The molecule has 5 heteroatoms. The third kappa shape index (κ3) is 4.21. The number of pyridine rings is 1. The van der Waals surface area contributed by atoms with Gasteiger partial charge in [0, 0.05) is 29.6 Å². The molecule has 0 saturated heterocycles.